The van der Waals surface area contributed by atoms with E-state index in [0.717, 1.165) is 11.3 Å². The summed E-state index contributed by atoms with van der Waals surface area (Å²) in [5.74, 6) is -0.0468. The molecule has 6 nitrogen and oxygen atoms in total. The summed E-state index contributed by atoms with van der Waals surface area (Å²) in [5.41, 5.74) is 7.98. The summed E-state index contributed by atoms with van der Waals surface area (Å²) >= 11 is 0. The number of hydrogen-bond donors (Lipinski definition) is 1. The highest BCUT2D eigenvalue weighted by molar-refractivity contribution is 6.18. The fourth-order valence-electron chi connectivity index (χ4n) is 2.62. The standard InChI is InChI=1S/C18H17N3O3/c1-24-13-8-6-12(7-9-13)15-10-18(23)21(11-17(19)22)16-5-3-2-4-14(16)20-15/h2-9H,10-11H2,1H3,(H2,19,22). The van der Waals surface area contributed by atoms with Gasteiger partial charge < -0.3 is 15.4 Å². The van der Waals surface area contributed by atoms with Crippen LogP contribution in [0, 0.1) is 0 Å². The number of nitrogens with two attached hydrogens (primary N) is 1. The minimum Gasteiger partial charge on any atom is -0.497 e. The molecule has 1 aliphatic rings. The first-order valence-corrected chi connectivity index (χ1v) is 7.48. The maximum atomic E-state index is 12.6. The monoisotopic (exact) mass is 323 g/mol. The Hall–Kier alpha value is -3.15. The van der Waals surface area contributed by atoms with E-state index in [1.165, 1.54) is 4.90 Å². The van der Waals surface area contributed by atoms with E-state index in [9.17, 15) is 9.59 Å². The number of methoxy groups -OCH3 is 1. The van der Waals surface area contributed by atoms with Crippen molar-refractivity contribution in [3.05, 3.63) is 54.1 Å². The Morgan fingerprint density at radius 2 is 1.92 bits per heavy atom. The van der Waals surface area contributed by atoms with Gasteiger partial charge in [-0.2, -0.15) is 0 Å². The number of benzene rings is 2. The van der Waals surface area contributed by atoms with Gasteiger partial charge >= 0.3 is 0 Å². The molecule has 2 aromatic carbocycles. The highest BCUT2D eigenvalue weighted by Crippen LogP contribution is 2.32. The van der Waals surface area contributed by atoms with Crippen molar-refractivity contribution in [1.82, 2.24) is 0 Å². The highest BCUT2D eigenvalue weighted by atomic mass is 16.5. The van der Waals surface area contributed by atoms with Gasteiger partial charge in [0.05, 0.1) is 30.6 Å². The molecule has 0 radical (unpaired) electrons. The van der Waals surface area contributed by atoms with Crippen molar-refractivity contribution in [2.24, 2.45) is 10.7 Å². The van der Waals surface area contributed by atoms with Crippen LogP contribution >= 0.6 is 0 Å². The molecule has 0 bridgehead atoms. The van der Waals surface area contributed by atoms with Gasteiger partial charge in [0, 0.05) is 0 Å². The van der Waals surface area contributed by atoms with Crippen molar-refractivity contribution in [2.75, 3.05) is 18.6 Å². The summed E-state index contributed by atoms with van der Waals surface area (Å²) in [6.07, 6.45) is 0.0916. The normalized spacial score (nSPS) is 13.8. The van der Waals surface area contributed by atoms with E-state index >= 15 is 0 Å². The predicted molar refractivity (Wildman–Crippen MR) is 91.8 cm³/mol. The smallest absolute Gasteiger partial charge is 0.237 e. The zero-order valence-corrected chi connectivity index (χ0v) is 13.2. The zero-order chi connectivity index (χ0) is 17.1. The van der Waals surface area contributed by atoms with Gasteiger partial charge in [-0.3, -0.25) is 14.6 Å². The summed E-state index contributed by atoms with van der Waals surface area (Å²) in [6, 6.07) is 14.6. The number of ether oxygens (including phenoxy) is 1. The Labute approximate surface area is 139 Å². The third-order valence-electron chi connectivity index (χ3n) is 3.78. The van der Waals surface area contributed by atoms with Crippen LogP contribution in [0.5, 0.6) is 5.75 Å². The molecule has 2 aromatic rings. The summed E-state index contributed by atoms with van der Waals surface area (Å²) < 4.78 is 5.15. The van der Waals surface area contributed by atoms with E-state index in [-0.39, 0.29) is 18.9 Å². The molecule has 0 saturated heterocycles. The molecule has 24 heavy (non-hydrogen) atoms. The molecule has 0 spiro atoms. The average molecular weight is 323 g/mol. The van der Waals surface area contributed by atoms with Gasteiger partial charge in [0.1, 0.15) is 12.3 Å². The Morgan fingerprint density at radius 3 is 2.58 bits per heavy atom. The second kappa shape index (κ2) is 6.54. The van der Waals surface area contributed by atoms with Crippen molar-refractivity contribution in [2.45, 2.75) is 6.42 Å². The summed E-state index contributed by atoms with van der Waals surface area (Å²) in [6.45, 7) is -0.165. The minimum atomic E-state index is -0.564. The summed E-state index contributed by atoms with van der Waals surface area (Å²) in [4.78, 5) is 30.0. The molecular formula is C18H17N3O3. The van der Waals surface area contributed by atoms with Gasteiger partial charge in [-0.1, -0.05) is 12.1 Å². The fourth-order valence-corrected chi connectivity index (χ4v) is 2.62. The topological polar surface area (TPSA) is 85.0 Å². The Bertz CT molecular complexity index is 813. The Kier molecular flexibility index (Phi) is 4.29. The fraction of sp³-hybridized carbons (Fsp3) is 0.167. The minimum absolute atomic E-state index is 0.0916. The van der Waals surface area contributed by atoms with E-state index < -0.39 is 5.91 Å². The van der Waals surface area contributed by atoms with Crippen LogP contribution in [0.25, 0.3) is 0 Å². The van der Waals surface area contributed by atoms with Crippen LogP contribution in [-0.2, 0) is 9.59 Å². The second-order valence-corrected chi connectivity index (χ2v) is 5.40. The lowest BCUT2D eigenvalue weighted by Crippen LogP contribution is -2.38. The lowest BCUT2D eigenvalue weighted by atomic mass is 10.1. The van der Waals surface area contributed by atoms with Gasteiger partial charge in [-0.05, 0) is 42.0 Å². The summed E-state index contributed by atoms with van der Waals surface area (Å²) in [7, 11) is 1.60. The number of rotatable bonds is 4. The van der Waals surface area contributed by atoms with Crippen LogP contribution in [0.2, 0.25) is 0 Å². The first kappa shape index (κ1) is 15.7. The van der Waals surface area contributed by atoms with E-state index in [1.807, 2.05) is 36.4 Å². The molecule has 0 unspecified atom stereocenters. The Morgan fingerprint density at radius 1 is 1.21 bits per heavy atom. The van der Waals surface area contributed by atoms with E-state index in [2.05, 4.69) is 4.99 Å². The largest absolute Gasteiger partial charge is 0.497 e. The van der Waals surface area contributed by atoms with Gasteiger partial charge in [0.15, 0.2) is 0 Å². The number of primary amides is 1. The predicted octanol–water partition coefficient (Wildman–Crippen LogP) is 2.04. The third kappa shape index (κ3) is 3.12. The number of fused-ring (bicyclic) bond motifs is 1. The van der Waals surface area contributed by atoms with Crippen molar-refractivity contribution in [1.29, 1.82) is 0 Å². The van der Waals surface area contributed by atoms with Gasteiger partial charge in [0.2, 0.25) is 11.8 Å². The number of aliphatic imine (C=N–C) groups is 1. The number of hydrogen-bond acceptors (Lipinski definition) is 4. The van der Waals surface area contributed by atoms with Crippen molar-refractivity contribution >= 4 is 28.9 Å². The molecule has 1 aliphatic heterocycles. The number of amides is 2. The maximum absolute atomic E-state index is 12.6. The van der Waals surface area contributed by atoms with Gasteiger partial charge in [0.25, 0.3) is 0 Å². The van der Waals surface area contributed by atoms with Crippen LogP contribution in [0.4, 0.5) is 11.4 Å². The average Bonchev–Trinajstić information content (AvgIpc) is 2.72. The van der Waals surface area contributed by atoms with Crippen molar-refractivity contribution < 1.29 is 14.3 Å². The number of anilines is 1. The molecule has 0 aromatic heterocycles. The summed E-state index contributed by atoms with van der Waals surface area (Å²) in [5, 5.41) is 0. The van der Waals surface area contributed by atoms with E-state index in [0.29, 0.717) is 17.1 Å². The molecule has 0 fully saturated rings. The van der Waals surface area contributed by atoms with Crippen LogP contribution in [0.1, 0.15) is 12.0 Å². The first-order valence-electron chi connectivity index (χ1n) is 7.48. The van der Waals surface area contributed by atoms with Crippen LogP contribution in [0.15, 0.2) is 53.5 Å². The van der Waals surface area contributed by atoms with Crippen LogP contribution in [-0.4, -0.2) is 31.2 Å². The molecule has 1 heterocycles. The Balaban J connectivity index is 2.04. The SMILES string of the molecule is COc1ccc(C2=Nc3ccccc3N(CC(N)=O)C(=O)C2)cc1. The van der Waals surface area contributed by atoms with Gasteiger partial charge in [-0.15, -0.1) is 0 Å². The molecule has 2 amide bonds. The van der Waals surface area contributed by atoms with Crippen molar-refractivity contribution in [3.8, 4) is 5.75 Å². The number of carbonyl (C=O) groups is 2. The molecular weight excluding hydrogens is 306 g/mol. The number of para-hydroxylation sites is 2. The molecule has 6 heteroatoms. The second-order valence-electron chi connectivity index (χ2n) is 5.40. The van der Waals surface area contributed by atoms with Crippen LogP contribution in [0.3, 0.4) is 0 Å². The first-order chi connectivity index (χ1) is 11.6. The highest BCUT2D eigenvalue weighted by Gasteiger charge is 2.25. The lowest BCUT2D eigenvalue weighted by Gasteiger charge is -2.20. The molecule has 2 N–H and O–H groups in total. The van der Waals surface area contributed by atoms with E-state index in [1.54, 1.807) is 19.2 Å². The molecule has 0 aliphatic carbocycles. The number of carbonyl (C=O) groups excluding carboxylic acids is 2. The molecule has 0 atom stereocenters. The van der Waals surface area contributed by atoms with Crippen molar-refractivity contribution in [3.63, 3.8) is 0 Å². The third-order valence-corrected chi connectivity index (χ3v) is 3.78. The lowest BCUT2D eigenvalue weighted by molar-refractivity contribution is -0.121. The van der Waals surface area contributed by atoms with Gasteiger partial charge in [-0.25, -0.2) is 0 Å². The molecule has 3 rings (SSSR count). The number of nitrogens with zero attached hydrogens (tertiary/aromatic N) is 2. The maximum Gasteiger partial charge on any atom is 0.237 e. The van der Waals surface area contributed by atoms with E-state index in [4.69, 9.17) is 10.5 Å². The quantitative estimate of drug-likeness (QED) is 0.934. The molecule has 122 valence electrons. The molecule has 0 saturated carbocycles. The zero-order valence-electron chi connectivity index (χ0n) is 13.2. The van der Waals surface area contributed by atoms with Crippen LogP contribution < -0.4 is 15.4 Å².